The lowest BCUT2D eigenvalue weighted by Crippen LogP contribution is -2.04. The highest BCUT2D eigenvalue weighted by Gasteiger charge is 2.13. The van der Waals surface area contributed by atoms with Gasteiger partial charge < -0.3 is 0 Å². The van der Waals surface area contributed by atoms with Crippen molar-refractivity contribution in [3.63, 3.8) is 0 Å². The van der Waals surface area contributed by atoms with Crippen LogP contribution in [0.5, 0.6) is 0 Å². The molecule has 0 saturated heterocycles. The Morgan fingerprint density at radius 1 is 1.60 bits per heavy atom. The van der Waals surface area contributed by atoms with Crippen LogP contribution in [0.4, 0.5) is 4.39 Å². The summed E-state index contributed by atoms with van der Waals surface area (Å²) in [6.45, 7) is 0. The van der Waals surface area contributed by atoms with Gasteiger partial charge in [0.2, 0.25) is 0 Å². The maximum Gasteiger partial charge on any atom is 0.177 e. The Bertz CT molecular complexity index is 465. The number of aldehydes is 1. The van der Waals surface area contributed by atoms with E-state index < -0.39 is 11.6 Å². The second-order valence-electron chi connectivity index (χ2n) is 2.71. The molecule has 0 N–H and O–H groups in total. The van der Waals surface area contributed by atoms with Gasteiger partial charge in [0.1, 0.15) is 6.07 Å². The van der Waals surface area contributed by atoms with Crippen molar-refractivity contribution in [3.05, 3.63) is 34.6 Å². The van der Waals surface area contributed by atoms with Crippen molar-refractivity contribution in [2.75, 3.05) is 5.88 Å². The molecule has 0 heterocycles. The number of nitriles is 1. The Hall–Kier alpha value is -1.73. The van der Waals surface area contributed by atoms with Crippen LogP contribution in [-0.2, 0) is 0 Å². The third kappa shape index (κ3) is 2.20. The Morgan fingerprint density at radius 3 is 2.73 bits per heavy atom. The summed E-state index contributed by atoms with van der Waals surface area (Å²) in [5.74, 6) is -1.66. The molecule has 0 saturated carbocycles. The van der Waals surface area contributed by atoms with Gasteiger partial charge in [0.15, 0.2) is 17.9 Å². The van der Waals surface area contributed by atoms with Crippen LogP contribution in [-0.4, -0.2) is 17.9 Å². The number of Topliss-reactive ketones (excluding diaryl/α,β-unsaturated/α-hetero) is 1. The van der Waals surface area contributed by atoms with E-state index in [-0.39, 0.29) is 28.9 Å². The Morgan fingerprint density at radius 2 is 2.27 bits per heavy atom. The van der Waals surface area contributed by atoms with Crippen LogP contribution < -0.4 is 0 Å². The molecule has 0 fully saturated rings. The Labute approximate surface area is 90.1 Å². The van der Waals surface area contributed by atoms with Gasteiger partial charge >= 0.3 is 0 Å². The van der Waals surface area contributed by atoms with Gasteiger partial charge in [-0.1, -0.05) is 0 Å². The molecular weight excluding hydrogens is 221 g/mol. The summed E-state index contributed by atoms with van der Waals surface area (Å²) in [7, 11) is 0. The summed E-state index contributed by atoms with van der Waals surface area (Å²) in [4.78, 5) is 21.6. The van der Waals surface area contributed by atoms with Crippen LogP contribution in [0.15, 0.2) is 12.1 Å². The van der Waals surface area contributed by atoms with E-state index in [9.17, 15) is 14.0 Å². The number of halogens is 2. The van der Waals surface area contributed by atoms with E-state index in [4.69, 9.17) is 16.9 Å². The number of carbonyl (C=O) groups is 2. The first-order valence-corrected chi connectivity index (χ1v) is 4.45. The van der Waals surface area contributed by atoms with Crippen LogP contribution in [0.25, 0.3) is 0 Å². The number of ketones is 1. The zero-order valence-electron chi connectivity index (χ0n) is 7.46. The highest BCUT2D eigenvalue weighted by atomic mass is 35.5. The first kappa shape index (κ1) is 11.3. The van der Waals surface area contributed by atoms with Gasteiger partial charge in [-0.15, -0.1) is 11.6 Å². The quantitative estimate of drug-likeness (QED) is 0.449. The summed E-state index contributed by atoms with van der Waals surface area (Å²) in [6, 6.07) is 3.71. The Balaban J connectivity index is 3.41. The van der Waals surface area contributed by atoms with Gasteiger partial charge in [0.25, 0.3) is 0 Å². The lowest BCUT2D eigenvalue weighted by molar-refractivity contribution is 0.102. The molecule has 1 aromatic carbocycles. The molecule has 0 aromatic heterocycles. The monoisotopic (exact) mass is 225 g/mol. The molecule has 0 aliphatic carbocycles. The largest absolute Gasteiger partial charge is 0.298 e. The van der Waals surface area contributed by atoms with E-state index in [0.717, 1.165) is 12.1 Å². The van der Waals surface area contributed by atoms with Gasteiger partial charge in [0, 0.05) is 5.56 Å². The number of nitrogens with zero attached hydrogens (tertiary/aromatic N) is 1. The number of alkyl halides is 1. The van der Waals surface area contributed by atoms with Gasteiger partial charge in [-0.25, -0.2) is 4.39 Å². The van der Waals surface area contributed by atoms with Crippen molar-refractivity contribution >= 4 is 23.7 Å². The predicted molar refractivity (Wildman–Crippen MR) is 51.6 cm³/mol. The normalized spacial score (nSPS) is 9.40. The third-order valence-electron chi connectivity index (χ3n) is 1.79. The molecule has 0 aliphatic heterocycles. The van der Waals surface area contributed by atoms with Gasteiger partial charge in [-0.2, -0.15) is 5.26 Å². The minimum absolute atomic E-state index is 0.0602. The highest BCUT2D eigenvalue weighted by molar-refractivity contribution is 6.30. The number of carbonyl (C=O) groups excluding carboxylic acids is 2. The lowest BCUT2D eigenvalue weighted by Gasteiger charge is -2.01. The maximum absolute atomic E-state index is 13.2. The number of rotatable bonds is 3. The van der Waals surface area contributed by atoms with E-state index in [1.807, 2.05) is 0 Å². The predicted octanol–water partition coefficient (Wildman–Crippen LogP) is 1.93. The van der Waals surface area contributed by atoms with Gasteiger partial charge in [-0.3, -0.25) is 9.59 Å². The molecule has 0 radical (unpaired) electrons. The first-order valence-electron chi connectivity index (χ1n) is 3.92. The van der Waals surface area contributed by atoms with Crippen LogP contribution >= 0.6 is 11.6 Å². The molecule has 0 bridgehead atoms. The molecule has 3 nitrogen and oxygen atoms in total. The fraction of sp³-hybridized carbons (Fsp3) is 0.100. The summed E-state index contributed by atoms with van der Waals surface area (Å²) in [6.07, 6.45) is 0.251. The SMILES string of the molecule is N#Cc1cc(C(=O)CCl)cc(C=O)c1F. The zero-order valence-corrected chi connectivity index (χ0v) is 8.21. The summed E-state index contributed by atoms with van der Waals surface area (Å²) in [5.41, 5.74) is -0.597. The molecule has 0 unspecified atom stereocenters. The third-order valence-corrected chi connectivity index (χ3v) is 2.03. The van der Waals surface area contributed by atoms with E-state index in [2.05, 4.69) is 0 Å². The molecule has 1 aromatic rings. The minimum Gasteiger partial charge on any atom is -0.298 e. The Kier molecular flexibility index (Phi) is 3.53. The van der Waals surface area contributed by atoms with Crippen molar-refractivity contribution in [2.24, 2.45) is 0 Å². The summed E-state index contributed by atoms with van der Waals surface area (Å²) >= 11 is 5.30. The number of hydrogen-bond donors (Lipinski definition) is 0. The average molecular weight is 226 g/mol. The van der Waals surface area contributed by atoms with E-state index in [0.29, 0.717) is 0 Å². The van der Waals surface area contributed by atoms with Crippen molar-refractivity contribution in [3.8, 4) is 6.07 Å². The van der Waals surface area contributed by atoms with Crippen molar-refractivity contribution in [1.82, 2.24) is 0 Å². The van der Waals surface area contributed by atoms with Gasteiger partial charge in [0.05, 0.1) is 17.0 Å². The summed E-state index contributed by atoms with van der Waals surface area (Å²) in [5, 5.41) is 8.57. The lowest BCUT2D eigenvalue weighted by atomic mass is 10.0. The van der Waals surface area contributed by atoms with Crippen molar-refractivity contribution in [1.29, 1.82) is 5.26 Å². The molecule has 0 spiro atoms. The standard InChI is InChI=1S/C10H5ClFNO2/c11-3-9(15)6-1-7(4-13)10(12)8(2-6)5-14/h1-2,5H,3H2. The second kappa shape index (κ2) is 4.67. The van der Waals surface area contributed by atoms with Gasteiger partial charge in [-0.05, 0) is 12.1 Å². The van der Waals surface area contributed by atoms with Crippen LogP contribution in [0.2, 0.25) is 0 Å². The topological polar surface area (TPSA) is 57.9 Å². The molecule has 0 amide bonds. The molecular formula is C10H5ClFNO2. The average Bonchev–Trinajstić information content (AvgIpc) is 2.28. The molecule has 0 atom stereocenters. The van der Waals surface area contributed by atoms with E-state index >= 15 is 0 Å². The van der Waals surface area contributed by atoms with E-state index in [1.54, 1.807) is 6.07 Å². The second-order valence-corrected chi connectivity index (χ2v) is 2.98. The maximum atomic E-state index is 13.2. The number of benzene rings is 1. The molecule has 0 aliphatic rings. The smallest absolute Gasteiger partial charge is 0.177 e. The van der Waals surface area contributed by atoms with E-state index in [1.165, 1.54) is 0 Å². The fourth-order valence-corrected chi connectivity index (χ4v) is 1.21. The first-order chi connectivity index (χ1) is 7.13. The summed E-state index contributed by atoms with van der Waals surface area (Å²) < 4.78 is 13.2. The zero-order chi connectivity index (χ0) is 11.4. The van der Waals surface area contributed by atoms with Crippen molar-refractivity contribution in [2.45, 2.75) is 0 Å². The van der Waals surface area contributed by atoms with Crippen LogP contribution in [0.1, 0.15) is 26.3 Å². The van der Waals surface area contributed by atoms with Crippen LogP contribution in [0, 0.1) is 17.1 Å². The fourth-order valence-electron chi connectivity index (χ4n) is 1.05. The molecule has 76 valence electrons. The molecule has 5 heteroatoms. The minimum atomic E-state index is -0.918. The number of hydrogen-bond acceptors (Lipinski definition) is 3. The van der Waals surface area contributed by atoms with Crippen molar-refractivity contribution < 1.29 is 14.0 Å². The highest BCUT2D eigenvalue weighted by Crippen LogP contribution is 2.15. The molecule has 1 rings (SSSR count). The van der Waals surface area contributed by atoms with Crippen LogP contribution in [0.3, 0.4) is 0 Å². The molecule has 15 heavy (non-hydrogen) atoms.